The van der Waals surface area contributed by atoms with Crippen molar-refractivity contribution in [1.29, 1.82) is 0 Å². The van der Waals surface area contributed by atoms with Gasteiger partial charge in [0.25, 0.3) is 0 Å². The van der Waals surface area contributed by atoms with Crippen LogP contribution in [0.2, 0.25) is 0 Å². The maximum absolute atomic E-state index is 10.9. The van der Waals surface area contributed by atoms with Crippen molar-refractivity contribution in [2.24, 2.45) is 0 Å². The van der Waals surface area contributed by atoms with Gasteiger partial charge in [-0.2, -0.15) is 0 Å². The van der Waals surface area contributed by atoms with Gasteiger partial charge in [0, 0.05) is 0 Å². The molecule has 0 amide bonds. The van der Waals surface area contributed by atoms with Crippen LogP contribution >= 0.6 is 0 Å². The Kier molecular flexibility index (Phi) is 3.35. The molecule has 0 aromatic heterocycles. The number of rotatable bonds is 3. The molecule has 0 heterocycles. The lowest BCUT2D eigenvalue weighted by Gasteiger charge is -2.12. The molecule has 0 bridgehead atoms. The third-order valence-electron chi connectivity index (χ3n) is 1.91. The highest BCUT2D eigenvalue weighted by Gasteiger charge is 2.12. The van der Waals surface area contributed by atoms with Gasteiger partial charge in [-0.15, -0.1) is 6.42 Å². The van der Waals surface area contributed by atoms with E-state index in [4.69, 9.17) is 16.3 Å². The molecule has 0 spiro atoms. The van der Waals surface area contributed by atoms with Gasteiger partial charge in [0.2, 0.25) is 0 Å². The Labute approximate surface area is 88.7 Å². The Balaban J connectivity index is 3.08. The normalized spacial score (nSPS) is 11.5. The Bertz CT molecular complexity index is 415. The molecule has 15 heavy (non-hydrogen) atoms. The highest BCUT2D eigenvalue weighted by atomic mass is 16.5. The largest absolute Gasteiger partial charge is 0.478 e. The number of aryl methyl sites for hydroxylation is 1. The Morgan fingerprint density at radius 3 is 2.80 bits per heavy atom. The standard InChI is InChI=1S/C12H12O3/c1-4-9(3)15-11-7-8(2)5-6-10(11)12(13)14/h1,5-7,9H,2-3H3,(H,13,14). The highest BCUT2D eigenvalue weighted by Crippen LogP contribution is 2.21. The van der Waals surface area contributed by atoms with Crippen LogP contribution in [0.25, 0.3) is 0 Å². The molecular formula is C12H12O3. The minimum atomic E-state index is -1.02. The maximum atomic E-state index is 10.9. The SMILES string of the molecule is C#CC(C)Oc1cc(C)ccc1C(=O)O. The van der Waals surface area contributed by atoms with E-state index in [2.05, 4.69) is 5.92 Å². The molecule has 0 aliphatic carbocycles. The third kappa shape index (κ3) is 2.75. The summed E-state index contributed by atoms with van der Waals surface area (Å²) < 4.78 is 5.32. The van der Waals surface area contributed by atoms with Crippen LogP contribution < -0.4 is 4.74 Å². The zero-order chi connectivity index (χ0) is 11.4. The van der Waals surface area contributed by atoms with Crippen LogP contribution in [0.5, 0.6) is 5.75 Å². The Morgan fingerprint density at radius 1 is 1.60 bits per heavy atom. The van der Waals surface area contributed by atoms with Crippen LogP contribution in [0.15, 0.2) is 18.2 Å². The average Bonchev–Trinajstić information content (AvgIpc) is 2.17. The molecule has 0 radical (unpaired) electrons. The predicted molar refractivity (Wildman–Crippen MR) is 57.1 cm³/mol. The molecule has 0 aliphatic heterocycles. The second kappa shape index (κ2) is 4.52. The van der Waals surface area contributed by atoms with E-state index in [1.54, 1.807) is 19.1 Å². The van der Waals surface area contributed by atoms with Gasteiger partial charge in [-0.05, 0) is 31.5 Å². The lowest BCUT2D eigenvalue weighted by molar-refractivity contribution is 0.0691. The van der Waals surface area contributed by atoms with Crippen LogP contribution in [0, 0.1) is 19.3 Å². The first-order valence-electron chi connectivity index (χ1n) is 4.51. The summed E-state index contributed by atoms with van der Waals surface area (Å²) in [7, 11) is 0. The molecule has 0 aliphatic rings. The van der Waals surface area contributed by atoms with E-state index in [1.165, 1.54) is 6.07 Å². The average molecular weight is 204 g/mol. The fraction of sp³-hybridized carbons (Fsp3) is 0.250. The predicted octanol–water partition coefficient (Wildman–Crippen LogP) is 2.09. The monoisotopic (exact) mass is 204 g/mol. The first kappa shape index (κ1) is 11.1. The molecule has 0 saturated carbocycles. The van der Waals surface area contributed by atoms with Crippen LogP contribution in [-0.4, -0.2) is 17.2 Å². The zero-order valence-electron chi connectivity index (χ0n) is 8.65. The first-order valence-corrected chi connectivity index (χ1v) is 4.51. The van der Waals surface area contributed by atoms with Crippen molar-refractivity contribution >= 4 is 5.97 Å². The zero-order valence-corrected chi connectivity index (χ0v) is 8.65. The van der Waals surface area contributed by atoms with Crippen molar-refractivity contribution in [1.82, 2.24) is 0 Å². The van der Waals surface area contributed by atoms with Crippen LogP contribution in [0.4, 0.5) is 0 Å². The van der Waals surface area contributed by atoms with E-state index in [0.29, 0.717) is 5.75 Å². The molecule has 1 N–H and O–H groups in total. The number of aromatic carboxylic acids is 1. The number of hydrogen-bond acceptors (Lipinski definition) is 2. The number of ether oxygens (including phenoxy) is 1. The molecule has 1 unspecified atom stereocenters. The van der Waals surface area contributed by atoms with Crippen molar-refractivity contribution in [3.05, 3.63) is 29.3 Å². The molecule has 3 heteroatoms. The van der Waals surface area contributed by atoms with E-state index in [1.807, 2.05) is 6.92 Å². The third-order valence-corrected chi connectivity index (χ3v) is 1.91. The number of carbonyl (C=O) groups is 1. The van der Waals surface area contributed by atoms with Crippen molar-refractivity contribution in [2.45, 2.75) is 20.0 Å². The summed E-state index contributed by atoms with van der Waals surface area (Å²) in [6, 6.07) is 4.89. The molecule has 1 rings (SSSR count). The molecule has 3 nitrogen and oxygen atoms in total. The summed E-state index contributed by atoms with van der Waals surface area (Å²) in [6.07, 6.45) is 4.72. The van der Waals surface area contributed by atoms with Gasteiger partial charge in [0.05, 0.1) is 0 Å². The number of terminal acetylenes is 1. The van der Waals surface area contributed by atoms with Crippen LogP contribution in [0.3, 0.4) is 0 Å². The number of benzene rings is 1. The molecule has 0 fully saturated rings. The number of hydrogen-bond donors (Lipinski definition) is 1. The van der Waals surface area contributed by atoms with Gasteiger partial charge in [0.15, 0.2) is 6.10 Å². The van der Waals surface area contributed by atoms with E-state index < -0.39 is 12.1 Å². The quantitative estimate of drug-likeness (QED) is 0.767. The van der Waals surface area contributed by atoms with Crippen molar-refractivity contribution in [3.8, 4) is 18.1 Å². The molecule has 1 atom stereocenters. The summed E-state index contributed by atoms with van der Waals surface area (Å²) in [6.45, 7) is 3.55. The number of carboxylic acid groups (broad SMARTS) is 1. The summed E-state index contributed by atoms with van der Waals surface area (Å²) in [4.78, 5) is 10.9. The molecule has 78 valence electrons. The summed E-state index contributed by atoms with van der Waals surface area (Å²) in [5.41, 5.74) is 1.06. The molecule has 1 aromatic rings. The van der Waals surface area contributed by atoms with Gasteiger partial charge < -0.3 is 9.84 Å². The molecule has 1 aromatic carbocycles. The smallest absolute Gasteiger partial charge is 0.339 e. The second-order valence-electron chi connectivity index (χ2n) is 3.23. The lowest BCUT2D eigenvalue weighted by Crippen LogP contribution is -2.11. The fourth-order valence-electron chi connectivity index (χ4n) is 1.13. The first-order chi connectivity index (χ1) is 7.04. The summed E-state index contributed by atoms with van der Waals surface area (Å²) >= 11 is 0. The van der Waals surface area contributed by atoms with Crippen LogP contribution in [-0.2, 0) is 0 Å². The van der Waals surface area contributed by atoms with E-state index in [9.17, 15) is 4.79 Å². The molecule has 0 saturated heterocycles. The van der Waals surface area contributed by atoms with Crippen molar-refractivity contribution in [2.75, 3.05) is 0 Å². The van der Waals surface area contributed by atoms with E-state index >= 15 is 0 Å². The minimum absolute atomic E-state index is 0.128. The Hall–Kier alpha value is -1.95. The Morgan fingerprint density at radius 2 is 2.27 bits per heavy atom. The minimum Gasteiger partial charge on any atom is -0.478 e. The maximum Gasteiger partial charge on any atom is 0.339 e. The number of carboxylic acids is 1. The lowest BCUT2D eigenvalue weighted by atomic mass is 10.1. The highest BCUT2D eigenvalue weighted by molar-refractivity contribution is 5.91. The van der Waals surface area contributed by atoms with E-state index in [-0.39, 0.29) is 5.56 Å². The summed E-state index contributed by atoms with van der Waals surface area (Å²) in [5.74, 6) is 1.68. The van der Waals surface area contributed by atoms with Gasteiger partial charge in [0.1, 0.15) is 11.3 Å². The second-order valence-corrected chi connectivity index (χ2v) is 3.23. The topological polar surface area (TPSA) is 46.5 Å². The van der Waals surface area contributed by atoms with Gasteiger partial charge in [-0.3, -0.25) is 0 Å². The van der Waals surface area contributed by atoms with Gasteiger partial charge in [-0.25, -0.2) is 4.79 Å². The van der Waals surface area contributed by atoms with Crippen molar-refractivity contribution in [3.63, 3.8) is 0 Å². The van der Waals surface area contributed by atoms with Gasteiger partial charge >= 0.3 is 5.97 Å². The van der Waals surface area contributed by atoms with Gasteiger partial charge in [-0.1, -0.05) is 12.0 Å². The van der Waals surface area contributed by atoms with Crippen molar-refractivity contribution < 1.29 is 14.6 Å². The fourth-order valence-corrected chi connectivity index (χ4v) is 1.13. The van der Waals surface area contributed by atoms with Crippen LogP contribution in [0.1, 0.15) is 22.8 Å². The summed E-state index contributed by atoms with van der Waals surface area (Å²) in [5, 5.41) is 8.91. The molecular weight excluding hydrogens is 192 g/mol. The van der Waals surface area contributed by atoms with E-state index in [0.717, 1.165) is 5.56 Å².